The standard InChI is InChI=1S/C20H19NO4/c1-13-5-4-6-16(9-13)20-21-17(14(2)25-20)12-24-18-8-7-15(11-22)10-19(18)23-3/h4-11H,12H2,1-3H3. The molecule has 0 N–H and O–H groups in total. The topological polar surface area (TPSA) is 61.6 Å². The Hall–Kier alpha value is -3.08. The summed E-state index contributed by atoms with van der Waals surface area (Å²) in [5.41, 5.74) is 3.33. The van der Waals surface area contributed by atoms with E-state index >= 15 is 0 Å². The number of methoxy groups -OCH3 is 1. The molecule has 0 amide bonds. The second-order valence-electron chi connectivity index (χ2n) is 5.71. The molecule has 0 bridgehead atoms. The van der Waals surface area contributed by atoms with Crippen LogP contribution in [0.1, 0.15) is 27.4 Å². The lowest BCUT2D eigenvalue weighted by molar-refractivity contribution is 0.112. The summed E-state index contributed by atoms with van der Waals surface area (Å²) >= 11 is 0. The van der Waals surface area contributed by atoms with E-state index < -0.39 is 0 Å². The maximum absolute atomic E-state index is 10.9. The number of benzene rings is 2. The Kier molecular flexibility index (Phi) is 4.84. The van der Waals surface area contributed by atoms with Crippen LogP contribution in [0.2, 0.25) is 0 Å². The quantitative estimate of drug-likeness (QED) is 0.626. The zero-order valence-electron chi connectivity index (χ0n) is 14.4. The van der Waals surface area contributed by atoms with Crippen LogP contribution in [-0.2, 0) is 6.61 Å². The lowest BCUT2D eigenvalue weighted by Gasteiger charge is -2.10. The largest absolute Gasteiger partial charge is 0.493 e. The van der Waals surface area contributed by atoms with E-state index in [1.54, 1.807) is 18.2 Å². The lowest BCUT2D eigenvalue weighted by Crippen LogP contribution is -2.00. The first kappa shape index (κ1) is 16.8. The van der Waals surface area contributed by atoms with Crippen LogP contribution in [0.15, 0.2) is 46.9 Å². The van der Waals surface area contributed by atoms with Gasteiger partial charge >= 0.3 is 0 Å². The minimum Gasteiger partial charge on any atom is -0.493 e. The average molecular weight is 337 g/mol. The monoisotopic (exact) mass is 337 g/mol. The van der Waals surface area contributed by atoms with Crippen molar-refractivity contribution in [1.29, 1.82) is 0 Å². The van der Waals surface area contributed by atoms with Gasteiger partial charge in [-0.25, -0.2) is 4.98 Å². The second-order valence-corrected chi connectivity index (χ2v) is 5.71. The van der Waals surface area contributed by atoms with Gasteiger partial charge in [0, 0.05) is 11.1 Å². The van der Waals surface area contributed by atoms with Crippen molar-refractivity contribution < 1.29 is 18.7 Å². The third kappa shape index (κ3) is 3.71. The molecule has 0 fully saturated rings. The molecule has 0 radical (unpaired) electrons. The van der Waals surface area contributed by atoms with Crippen LogP contribution in [0, 0.1) is 13.8 Å². The van der Waals surface area contributed by atoms with Crippen molar-refractivity contribution in [3.8, 4) is 23.0 Å². The minimum atomic E-state index is 0.248. The Morgan fingerprint density at radius 2 is 1.96 bits per heavy atom. The first-order chi connectivity index (χ1) is 12.1. The fraction of sp³-hybridized carbons (Fsp3) is 0.200. The maximum Gasteiger partial charge on any atom is 0.226 e. The number of carbonyl (C=O) groups is 1. The molecule has 0 saturated heterocycles. The molecule has 0 saturated carbocycles. The van der Waals surface area contributed by atoms with E-state index in [0.29, 0.717) is 28.7 Å². The number of hydrogen-bond acceptors (Lipinski definition) is 5. The predicted octanol–water partition coefficient (Wildman–Crippen LogP) is 4.36. The lowest BCUT2D eigenvalue weighted by atomic mass is 10.1. The van der Waals surface area contributed by atoms with E-state index in [0.717, 1.165) is 23.1 Å². The van der Waals surface area contributed by atoms with Crippen LogP contribution in [0.25, 0.3) is 11.5 Å². The van der Waals surface area contributed by atoms with Gasteiger partial charge in [0.15, 0.2) is 11.5 Å². The molecule has 0 spiro atoms. The van der Waals surface area contributed by atoms with Gasteiger partial charge in [0.25, 0.3) is 0 Å². The molecule has 5 nitrogen and oxygen atoms in total. The Balaban J connectivity index is 1.79. The molecule has 0 atom stereocenters. The molecule has 2 aromatic carbocycles. The number of rotatable bonds is 6. The number of aldehydes is 1. The highest BCUT2D eigenvalue weighted by Crippen LogP contribution is 2.29. The minimum absolute atomic E-state index is 0.248. The molecule has 3 rings (SSSR count). The number of oxazole rings is 1. The Labute approximate surface area is 146 Å². The zero-order chi connectivity index (χ0) is 17.8. The number of ether oxygens (including phenoxy) is 2. The van der Waals surface area contributed by atoms with Crippen LogP contribution in [0.3, 0.4) is 0 Å². The molecule has 5 heteroatoms. The maximum atomic E-state index is 10.9. The van der Waals surface area contributed by atoms with E-state index in [2.05, 4.69) is 4.98 Å². The van der Waals surface area contributed by atoms with Gasteiger partial charge in [-0.2, -0.15) is 0 Å². The normalized spacial score (nSPS) is 10.5. The van der Waals surface area contributed by atoms with Gasteiger partial charge < -0.3 is 13.9 Å². The smallest absolute Gasteiger partial charge is 0.226 e. The predicted molar refractivity (Wildman–Crippen MR) is 94.1 cm³/mol. The Bertz CT molecular complexity index is 898. The summed E-state index contributed by atoms with van der Waals surface area (Å²) in [6, 6.07) is 13.0. The molecule has 3 aromatic rings. The second kappa shape index (κ2) is 7.21. The van der Waals surface area contributed by atoms with Crippen molar-refractivity contribution >= 4 is 6.29 Å². The summed E-state index contributed by atoms with van der Waals surface area (Å²) in [7, 11) is 1.54. The van der Waals surface area contributed by atoms with Crippen molar-refractivity contribution in [3.05, 3.63) is 65.0 Å². The zero-order valence-corrected chi connectivity index (χ0v) is 14.4. The molecular weight excluding hydrogens is 318 g/mol. The fourth-order valence-electron chi connectivity index (χ4n) is 2.49. The number of aryl methyl sites for hydroxylation is 2. The highest BCUT2D eigenvalue weighted by molar-refractivity contribution is 5.76. The molecule has 1 aromatic heterocycles. The first-order valence-electron chi connectivity index (χ1n) is 7.90. The first-order valence-corrected chi connectivity index (χ1v) is 7.90. The van der Waals surface area contributed by atoms with E-state index in [9.17, 15) is 4.79 Å². The molecule has 128 valence electrons. The van der Waals surface area contributed by atoms with Gasteiger partial charge in [-0.05, 0) is 44.2 Å². The Morgan fingerprint density at radius 3 is 2.68 bits per heavy atom. The van der Waals surface area contributed by atoms with Crippen LogP contribution >= 0.6 is 0 Å². The number of hydrogen-bond donors (Lipinski definition) is 0. The SMILES string of the molecule is COc1cc(C=O)ccc1OCc1nc(-c2cccc(C)c2)oc1C. The average Bonchev–Trinajstić information content (AvgIpc) is 3.00. The highest BCUT2D eigenvalue weighted by atomic mass is 16.5. The summed E-state index contributed by atoms with van der Waals surface area (Å²) in [6.07, 6.45) is 0.766. The van der Waals surface area contributed by atoms with Crippen molar-refractivity contribution in [1.82, 2.24) is 4.98 Å². The van der Waals surface area contributed by atoms with Gasteiger partial charge in [-0.1, -0.05) is 17.7 Å². The number of aromatic nitrogens is 1. The summed E-state index contributed by atoms with van der Waals surface area (Å²) < 4.78 is 16.8. The van der Waals surface area contributed by atoms with Gasteiger partial charge in [0.05, 0.1) is 7.11 Å². The summed E-state index contributed by atoms with van der Waals surface area (Å²) in [6.45, 7) is 4.13. The summed E-state index contributed by atoms with van der Waals surface area (Å²) in [4.78, 5) is 15.4. The van der Waals surface area contributed by atoms with E-state index in [-0.39, 0.29) is 6.61 Å². The van der Waals surface area contributed by atoms with Crippen LogP contribution < -0.4 is 9.47 Å². The Morgan fingerprint density at radius 1 is 1.12 bits per heavy atom. The summed E-state index contributed by atoms with van der Waals surface area (Å²) in [5.74, 6) is 2.33. The molecule has 25 heavy (non-hydrogen) atoms. The third-order valence-corrected chi connectivity index (χ3v) is 3.85. The van der Waals surface area contributed by atoms with Crippen LogP contribution in [0.4, 0.5) is 0 Å². The third-order valence-electron chi connectivity index (χ3n) is 3.85. The fourth-order valence-corrected chi connectivity index (χ4v) is 2.49. The molecule has 0 unspecified atom stereocenters. The van der Waals surface area contributed by atoms with E-state index in [1.165, 1.54) is 7.11 Å². The highest BCUT2D eigenvalue weighted by Gasteiger charge is 2.13. The number of nitrogens with zero attached hydrogens (tertiary/aromatic N) is 1. The van der Waals surface area contributed by atoms with Gasteiger partial charge in [-0.3, -0.25) is 4.79 Å². The van der Waals surface area contributed by atoms with E-state index in [4.69, 9.17) is 13.9 Å². The van der Waals surface area contributed by atoms with Crippen LogP contribution in [-0.4, -0.2) is 18.4 Å². The van der Waals surface area contributed by atoms with Crippen molar-refractivity contribution in [2.75, 3.05) is 7.11 Å². The van der Waals surface area contributed by atoms with E-state index in [1.807, 2.05) is 38.1 Å². The molecule has 0 aliphatic rings. The van der Waals surface area contributed by atoms with Crippen molar-refractivity contribution in [2.45, 2.75) is 20.5 Å². The van der Waals surface area contributed by atoms with Gasteiger partial charge in [0.2, 0.25) is 5.89 Å². The number of carbonyl (C=O) groups excluding carboxylic acids is 1. The molecule has 1 heterocycles. The van der Waals surface area contributed by atoms with Gasteiger partial charge in [0.1, 0.15) is 24.3 Å². The van der Waals surface area contributed by atoms with Gasteiger partial charge in [-0.15, -0.1) is 0 Å². The molecular formula is C20H19NO4. The van der Waals surface area contributed by atoms with Crippen molar-refractivity contribution in [3.63, 3.8) is 0 Å². The molecule has 0 aliphatic carbocycles. The summed E-state index contributed by atoms with van der Waals surface area (Å²) in [5, 5.41) is 0. The van der Waals surface area contributed by atoms with Crippen LogP contribution in [0.5, 0.6) is 11.5 Å². The van der Waals surface area contributed by atoms with Crippen molar-refractivity contribution in [2.24, 2.45) is 0 Å². The molecule has 0 aliphatic heterocycles.